The number of hydrogen-bond donors (Lipinski definition) is 1. The SMILES string of the molecule is O=C1C(=C2CCSCC2)Oc2c1ccc(O)c2CN1CCOCC1. The van der Waals surface area contributed by atoms with E-state index in [0.717, 1.165) is 43.0 Å². The highest BCUT2D eigenvalue weighted by molar-refractivity contribution is 7.99. The van der Waals surface area contributed by atoms with E-state index in [9.17, 15) is 9.90 Å². The minimum Gasteiger partial charge on any atom is -0.507 e. The van der Waals surface area contributed by atoms with Crippen LogP contribution in [0.15, 0.2) is 23.5 Å². The molecule has 1 aromatic rings. The van der Waals surface area contributed by atoms with E-state index in [4.69, 9.17) is 9.47 Å². The van der Waals surface area contributed by atoms with Crippen LogP contribution in [0.1, 0.15) is 28.8 Å². The van der Waals surface area contributed by atoms with Crippen LogP contribution >= 0.6 is 11.8 Å². The summed E-state index contributed by atoms with van der Waals surface area (Å²) in [5.41, 5.74) is 2.41. The average molecular weight is 347 g/mol. The quantitative estimate of drug-likeness (QED) is 0.830. The number of carbonyl (C=O) groups is 1. The molecule has 0 radical (unpaired) electrons. The molecule has 0 spiro atoms. The average Bonchev–Trinajstić information content (AvgIpc) is 2.96. The fourth-order valence-corrected chi connectivity index (χ4v) is 4.38. The highest BCUT2D eigenvalue weighted by atomic mass is 32.2. The van der Waals surface area contributed by atoms with Crippen molar-refractivity contribution in [3.63, 3.8) is 0 Å². The number of aromatic hydroxyl groups is 1. The molecule has 3 aliphatic heterocycles. The van der Waals surface area contributed by atoms with Crippen molar-refractivity contribution in [2.75, 3.05) is 37.8 Å². The number of ketones is 1. The molecule has 2 fully saturated rings. The molecule has 0 atom stereocenters. The second kappa shape index (κ2) is 6.78. The Kier molecular flexibility index (Phi) is 4.52. The van der Waals surface area contributed by atoms with Gasteiger partial charge in [-0.25, -0.2) is 0 Å². The van der Waals surface area contributed by atoms with E-state index in [-0.39, 0.29) is 11.5 Å². The Labute approximate surface area is 145 Å². The maximum Gasteiger partial charge on any atom is 0.231 e. The summed E-state index contributed by atoms with van der Waals surface area (Å²) < 4.78 is 11.4. The number of nitrogens with zero attached hydrogens (tertiary/aromatic N) is 1. The van der Waals surface area contributed by atoms with Crippen LogP contribution in [-0.2, 0) is 11.3 Å². The molecule has 128 valence electrons. The number of carbonyl (C=O) groups excluding carboxylic acids is 1. The Balaban J connectivity index is 1.66. The zero-order valence-electron chi connectivity index (χ0n) is 13.5. The zero-order chi connectivity index (χ0) is 16.5. The van der Waals surface area contributed by atoms with Gasteiger partial charge in [0.05, 0.1) is 24.3 Å². The van der Waals surface area contributed by atoms with Crippen molar-refractivity contribution in [3.05, 3.63) is 34.6 Å². The smallest absolute Gasteiger partial charge is 0.231 e. The summed E-state index contributed by atoms with van der Waals surface area (Å²) in [5.74, 6) is 3.29. The van der Waals surface area contributed by atoms with Crippen LogP contribution in [0.4, 0.5) is 0 Å². The molecule has 0 bridgehead atoms. The number of fused-ring (bicyclic) bond motifs is 1. The summed E-state index contributed by atoms with van der Waals surface area (Å²) >= 11 is 1.91. The first kappa shape index (κ1) is 16.0. The Morgan fingerprint density at radius 3 is 2.67 bits per heavy atom. The van der Waals surface area contributed by atoms with Crippen LogP contribution in [0.3, 0.4) is 0 Å². The number of benzene rings is 1. The van der Waals surface area contributed by atoms with E-state index in [1.807, 2.05) is 11.8 Å². The summed E-state index contributed by atoms with van der Waals surface area (Å²) in [6.07, 6.45) is 1.81. The summed E-state index contributed by atoms with van der Waals surface area (Å²) in [4.78, 5) is 15.0. The summed E-state index contributed by atoms with van der Waals surface area (Å²) in [6, 6.07) is 3.29. The predicted molar refractivity (Wildman–Crippen MR) is 92.7 cm³/mol. The molecule has 2 saturated heterocycles. The molecule has 3 aliphatic rings. The second-order valence-corrected chi connectivity index (χ2v) is 7.53. The van der Waals surface area contributed by atoms with Crippen molar-refractivity contribution in [2.24, 2.45) is 0 Å². The molecule has 3 heterocycles. The van der Waals surface area contributed by atoms with Crippen LogP contribution in [-0.4, -0.2) is 53.6 Å². The number of allylic oxidation sites excluding steroid dienone is 2. The predicted octanol–water partition coefficient (Wildman–Crippen LogP) is 2.58. The lowest BCUT2D eigenvalue weighted by Gasteiger charge is -2.27. The third-order valence-corrected chi connectivity index (χ3v) is 5.78. The Morgan fingerprint density at radius 2 is 1.92 bits per heavy atom. The number of rotatable bonds is 2. The standard InChI is InChI=1S/C18H21NO4S/c20-15-2-1-13-16(21)17(12-3-9-24-10-4-12)23-18(13)14(15)11-19-5-7-22-8-6-19/h1-2,20H,3-11H2. The molecule has 6 heteroatoms. The highest BCUT2D eigenvalue weighted by Gasteiger charge is 2.34. The largest absolute Gasteiger partial charge is 0.507 e. The minimum atomic E-state index is -0.0323. The molecule has 24 heavy (non-hydrogen) atoms. The monoisotopic (exact) mass is 347 g/mol. The Hall–Kier alpha value is -1.50. The lowest BCUT2D eigenvalue weighted by atomic mass is 10.0. The molecule has 0 unspecified atom stereocenters. The fraction of sp³-hybridized carbons (Fsp3) is 0.500. The number of phenolic OH excluding ortho intramolecular Hbond substituents is 1. The first-order valence-electron chi connectivity index (χ1n) is 8.41. The van der Waals surface area contributed by atoms with Gasteiger partial charge in [0.15, 0.2) is 5.76 Å². The lowest BCUT2D eigenvalue weighted by Crippen LogP contribution is -2.35. The zero-order valence-corrected chi connectivity index (χ0v) is 14.4. The van der Waals surface area contributed by atoms with Gasteiger partial charge in [-0.15, -0.1) is 0 Å². The van der Waals surface area contributed by atoms with Crippen molar-refractivity contribution in [2.45, 2.75) is 19.4 Å². The third kappa shape index (κ3) is 2.94. The van der Waals surface area contributed by atoms with E-state index < -0.39 is 0 Å². The van der Waals surface area contributed by atoms with Crippen LogP contribution in [0.25, 0.3) is 0 Å². The first-order valence-corrected chi connectivity index (χ1v) is 9.57. The van der Waals surface area contributed by atoms with Crippen molar-refractivity contribution < 1.29 is 19.4 Å². The van der Waals surface area contributed by atoms with Gasteiger partial charge in [0.25, 0.3) is 0 Å². The summed E-state index contributed by atoms with van der Waals surface area (Å²) in [6.45, 7) is 3.61. The lowest BCUT2D eigenvalue weighted by molar-refractivity contribution is 0.0336. The molecule has 1 aromatic carbocycles. The van der Waals surface area contributed by atoms with Crippen molar-refractivity contribution >= 4 is 17.5 Å². The number of ether oxygens (including phenoxy) is 2. The maximum atomic E-state index is 12.7. The van der Waals surface area contributed by atoms with Crippen molar-refractivity contribution in [1.29, 1.82) is 0 Å². The van der Waals surface area contributed by atoms with Crippen molar-refractivity contribution in [3.8, 4) is 11.5 Å². The van der Waals surface area contributed by atoms with E-state index in [0.29, 0.717) is 42.4 Å². The fourth-order valence-electron chi connectivity index (χ4n) is 3.40. The van der Waals surface area contributed by atoms with E-state index in [1.165, 1.54) is 0 Å². The number of Topliss-reactive ketones (excluding diaryl/α,β-unsaturated/α-hetero) is 1. The molecule has 4 rings (SSSR count). The highest BCUT2D eigenvalue weighted by Crippen LogP contribution is 2.42. The topological polar surface area (TPSA) is 59.0 Å². The van der Waals surface area contributed by atoms with Gasteiger partial charge in [-0.1, -0.05) is 0 Å². The van der Waals surface area contributed by atoms with Crippen molar-refractivity contribution in [1.82, 2.24) is 4.90 Å². The normalized spacial score (nSPS) is 21.8. The Morgan fingerprint density at radius 1 is 1.17 bits per heavy atom. The second-order valence-electron chi connectivity index (χ2n) is 6.30. The van der Waals surface area contributed by atoms with Crippen LogP contribution < -0.4 is 4.74 Å². The summed E-state index contributed by atoms with van der Waals surface area (Å²) in [5, 5.41) is 10.3. The minimum absolute atomic E-state index is 0.0323. The third-order valence-electron chi connectivity index (χ3n) is 4.79. The van der Waals surface area contributed by atoms with Gasteiger partial charge in [-0.05, 0) is 42.1 Å². The molecule has 0 aliphatic carbocycles. The molecule has 0 amide bonds. The van der Waals surface area contributed by atoms with Gasteiger partial charge in [0.1, 0.15) is 11.5 Å². The molecule has 0 saturated carbocycles. The van der Waals surface area contributed by atoms with Gasteiger partial charge < -0.3 is 14.6 Å². The molecule has 1 N–H and O–H groups in total. The number of thioether (sulfide) groups is 1. The van der Waals surface area contributed by atoms with E-state index in [2.05, 4.69) is 4.90 Å². The number of morpholine rings is 1. The van der Waals surface area contributed by atoms with Gasteiger partial charge in [-0.3, -0.25) is 9.69 Å². The maximum absolute atomic E-state index is 12.7. The van der Waals surface area contributed by atoms with E-state index >= 15 is 0 Å². The number of phenols is 1. The van der Waals surface area contributed by atoms with Gasteiger partial charge in [0.2, 0.25) is 5.78 Å². The molecule has 0 aromatic heterocycles. The van der Waals surface area contributed by atoms with Crippen LogP contribution in [0, 0.1) is 0 Å². The van der Waals surface area contributed by atoms with Gasteiger partial charge >= 0.3 is 0 Å². The molecular formula is C18H21NO4S. The number of hydrogen-bond acceptors (Lipinski definition) is 6. The molecule has 5 nitrogen and oxygen atoms in total. The van der Waals surface area contributed by atoms with Gasteiger partial charge in [0, 0.05) is 19.6 Å². The Bertz CT molecular complexity index is 687. The van der Waals surface area contributed by atoms with Crippen LogP contribution in [0.2, 0.25) is 0 Å². The van der Waals surface area contributed by atoms with Gasteiger partial charge in [-0.2, -0.15) is 11.8 Å². The van der Waals surface area contributed by atoms with E-state index in [1.54, 1.807) is 12.1 Å². The van der Waals surface area contributed by atoms with Crippen LogP contribution in [0.5, 0.6) is 11.5 Å². The first-order chi connectivity index (χ1) is 11.7. The molecular weight excluding hydrogens is 326 g/mol. The summed E-state index contributed by atoms with van der Waals surface area (Å²) in [7, 11) is 0.